The van der Waals surface area contributed by atoms with E-state index in [1.165, 1.54) is 4.88 Å². The van der Waals surface area contributed by atoms with E-state index in [-0.39, 0.29) is 5.91 Å². The maximum Gasteiger partial charge on any atom is 0.223 e. The first-order valence-electron chi connectivity index (χ1n) is 6.82. The number of carbonyl (C=O) groups excluding carboxylic acids is 1. The molecule has 0 aliphatic heterocycles. The molecule has 0 atom stereocenters. The van der Waals surface area contributed by atoms with E-state index in [2.05, 4.69) is 0 Å². The van der Waals surface area contributed by atoms with Gasteiger partial charge in [0.2, 0.25) is 5.91 Å². The summed E-state index contributed by atoms with van der Waals surface area (Å²) in [6, 6.07) is 7.79. The molecule has 2 aromatic rings. The van der Waals surface area contributed by atoms with Gasteiger partial charge >= 0.3 is 0 Å². The number of furan rings is 1. The minimum atomic E-state index is 0.156. The molecular weight excluding hydrogens is 272 g/mol. The summed E-state index contributed by atoms with van der Waals surface area (Å²) in [6.07, 6.45) is 3.91. The molecule has 2 heterocycles. The van der Waals surface area contributed by atoms with Crippen molar-refractivity contribution in [2.24, 2.45) is 5.73 Å². The predicted molar refractivity (Wildman–Crippen MR) is 80.2 cm³/mol. The van der Waals surface area contributed by atoms with Crippen LogP contribution in [0.25, 0.3) is 0 Å². The lowest BCUT2D eigenvalue weighted by molar-refractivity contribution is -0.132. The van der Waals surface area contributed by atoms with E-state index in [1.54, 1.807) is 17.6 Å². The van der Waals surface area contributed by atoms with Crippen molar-refractivity contribution in [3.8, 4) is 0 Å². The summed E-state index contributed by atoms with van der Waals surface area (Å²) in [6.45, 7) is 1.79. The lowest BCUT2D eigenvalue weighted by Crippen LogP contribution is -2.29. The average molecular weight is 292 g/mol. The molecule has 4 nitrogen and oxygen atoms in total. The lowest BCUT2D eigenvalue weighted by atomic mass is 10.2. The van der Waals surface area contributed by atoms with E-state index in [0.717, 1.165) is 18.6 Å². The van der Waals surface area contributed by atoms with Crippen LogP contribution in [0.1, 0.15) is 29.9 Å². The fourth-order valence-electron chi connectivity index (χ4n) is 1.99. The Morgan fingerprint density at radius 3 is 2.80 bits per heavy atom. The summed E-state index contributed by atoms with van der Waals surface area (Å²) in [5.74, 6) is 0.969. The van der Waals surface area contributed by atoms with E-state index in [9.17, 15) is 4.79 Å². The molecule has 0 radical (unpaired) electrons. The number of rotatable bonds is 8. The second kappa shape index (κ2) is 7.87. The third-order valence-electron chi connectivity index (χ3n) is 3.05. The van der Waals surface area contributed by atoms with Gasteiger partial charge in [0.1, 0.15) is 5.76 Å². The highest BCUT2D eigenvalue weighted by Crippen LogP contribution is 2.16. The topological polar surface area (TPSA) is 59.5 Å². The van der Waals surface area contributed by atoms with Crippen LogP contribution in [0.5, 0.6) is 0 Å². The number of hydrogen-bond donors (Lipinski definition) is 1. The summed E-state index contributed by atoms with van der Waals surface area (Å²) in [5.41, 5.74) is 5.47. The van der Waals surface area contributed by atoms with Crippen molar-refractivity contribution in [2.75, 3.05) is 6.54 Å². The highest BCUT2D eigenvalue weighted by Gasteiger charge is 2.15. The molecule has 0 aliphatic rings. The second-order valence-corrected chi connectivity index (χ2v) is 5.69. The van der Waals surface area contributed by atoms with Gasteiger partial charge in [-0.15, -0.1) is 11.3 Å². The van der Waals surface area contributed by atoms with Crippen LogP contribution in [0.4, 0.5) is 0 Å². The first kappa shape index (κ1) is 14.8. The van der Waals surface area contributed by atoms with E-state index in [4.69, 9.17) is 10.2 Å². The van der Waals surface area contributed by atoms with Crippen LogP contribution >= 0.6 is 11.3 Å². The Morgan fingerprint density at radius 1 is 1.25 bits per heavy atom. The van der Waals surface area contributed by atoms with Gasteiger partial charge in [-0.05, 0) is 43.0 Å². The molecule has 2 aromatic heterocycles. The number of amides is 1. The molecule has 1 amide bonds. The van der Waals surface area contributed by atoms with Gasteiger partial charge in [0.15, 0.2) is 0 Å². The van der Waals surface area contributed by atoms with Crippen LogP contribution in [0, 0.1) is 0 Å². The summed E-state index contributed by atoms with van der Waals surface area (Å²) in [5, 5.41) is 2.03. The lowest BCUT2D eigenvalue weighted by Gasteiger charge is -2.21. The number of nitrogens with two attached hydrogens (primary N) is 1. The summed E-state index contributed by atoms with van der Waals surface area (Å²) >= 11 is 1.67. The zero-order chi connectivity index (χ0) is 14.2. The van der Waals surface area contributed by atoms with Crippen molar-refractivity contribution in [3.63, 3.8) is 0 Å². The fourth-order valence-corrected chi connectivity index (χ4v) is 2.71. The Hall–Kier alpha value is -1.59. The SMILES string of the molecule is NCCCCC(=O)N(Cc1ccco1)Cc1cccs1. The van der Waals surface area contributed by atoms with Crippen molar-refractivity contribution in [2.45, 2.75) is 32.4 Å². The standard InChI is InChI=1S/C15H20N2O2S/c16-8-2-1-7-15(18)17(11-13-5-3-9-19-13)12-14-6-4-10-20-14/h3-6,9-10H,1-2,7-8,11-12,16H2. The Morgan fingerprint density at radius 2 is 2.15 bits per heavy atom. The quantitative estimate of drug-likeness (QED) is 0.761. The Kier molecular flexibility index (Phi) is 5.83. The van der Waals surface area contributed by atoms with Crippen molar-refractivity contribution >= 4 is 17.2 Å². The average Bonchev–Trinajstić information content (AvgIpc) is 3.11. The van der Waals surface area contributed by atoms with Gasteiger partial charge in [-0.3, -0.25) is 4.79 Å². The van der Waals surface area contributed by atoms with Gasteiger partial charge < -0.3 is 15.1 Å². The Labute approximate surface area is 123 Å². The molecule has 0 bridgehead atoms. The van der Waals surface area contributed by atoms with Gasteiger partial charge in [-0.25, -0.2) is 0 Å². The fraction of sp³-hybridized carbons (Fsp3) is 0.400. The molecular formula is C15H20N2O2S. The van der Waals surface area contributed by atoms with Crippen LogP contribution in [0.15, 0.2) is 40.3 Å². The monoisotopic (exact) mass is 292 g/mol. The first-order valence-corrected chi connectivity index (χ1v) is 7.70. The Balaban J connectivity index is 1.97. The van der Waals surface area contributed by atoms with Gasteiger partial charge in [-0.1, -0.05) is 6.07 Å². The zero-order valence-electron chi connectivity index (χ0n) is 11.5. The smallest absolute Gasteiger partial charge is 0.223 e. The van der Waals surface area contributed by atoms with E-state index >= 15 is 0 Å². The minimum absolute atomic E-state index is 0.156. The molecule has 2 N–H and O–H groups in total. The molecule has 108 valence electrons. The summed E-state index contributed by atoms with van der Waals surface area (Å²) in [7, 11) is 0. The van der Waals surface area contributed by atoms with Crippen molar-refractivity contribution in [1.82, 2.24) is 4.90 Å². The van der Waals surface area contributed by atoms with E-state index in [1.807, 2.05) is 34.5 Å². The van der Waals surface area contributed by atoms with Crippen molar-refractivity contribution in [1.29, 1.82) is 0 Å². The highest BCUT2D eigenvalue weighted by molar-refractivity contribution is 7.09. The molecule has 0 saturated carbocycles. The third kappa shape index (κ3) is 4.51. The molecule has 0 aromatic carbocycles. The molecule has 0 spiro atoms. The van der Waals surface area contributed by atoms with Crippen molar-refractivity contribution < 1.29 is 9.21 Å². The highest BCUT2D eigenvalue weighted by atomic mass is 32.1. The molecule has 0 unspecified atom stereocenters. The largest absolute Gasteiger partial charge is 0.467 e. The first-order chi connectivity index (χ1) is 9.79. The van der Waals surface area contributed by atoms with E-state index in [0.29, 0.717) is 26.1 Å². The maximum atomic E-state index is 12.3. The van der Waals surface area contributed by atoms with Crippen LogP contribution in [-0.4, -0.2) is 17.4 Å². The van der Waals surface area contributed by atoms with Crippen LogP contribution in [0.3, 0.4) is 0 Å². The number of nitrogens with zero attached hydrogens (tertiary/aromatic N) is 1. The predicted octanol–water partition coefficient (Wildman–Crippen LogP) is 3.00. The van der Waals surface area contributed by atoms with Crippen LogP contribution < -0.4 is 5.73 Å². The zero-order valence-corrected chi connectivity index (χ0v) is 12.3. The number of carbonyl (C=O) groups is 1. The summed E-state index contributed by atoms with van der Waals surface area (Å²) < 4.78 is 5.35. The number of unbranched alkanes of at least 4 members (excludes halogenated alkanes) is 1. The molecule has 0 fully saturated rings. The molecule has 20 heavy (non-hydrogen) atoms. The minimum Gasteiger partial charge on any atom is -0.467 e. The van der Waals surface area contributed by atoms with E-state index < -0.39 is 0 Å². The van der Waals surface area contributed by atoms with Gasteiger partial charge in [0.25, 0.3) is 0 Å². The van der Waals surface area contributed by atoms with Gasteiger partial charge in [0, 0.05) is 11.3 Å². The molecule has 2 rings (SSSR count). The van der Waals surface area contributed by atoms with Gasteiger partial charge in [0.05, 0.1) is 19.4 Å². The molecule has 0 saturated heterocycles. The second-order valence-electron chi connectivity index (χ2n) is 4.65. The summed E-state index contributed by atoms with van der Waals surface area (Å²) in [4.78, 5) is 15.4. The third-order valence-corrected chi connectivity index (χ3v) is 3.91. The normalized spacial score (nSPS) is 10.7. The maximum absolute atomic E-state index is 12.3. The van der Waals surface area contributed by atoms with Crippen LogP contribution in [0.2, 0.25) is 0 Å². The number of hydrogen-bond acceptors (Lipinski definition) is 4. The van der Waals surface area contributed by atoms with Gasteiger partial charge in [-0.2, -0.15) is 0 Å². The van der Waals surface area contributed by atoms with Crippen LogP contribution in [-0.2, 0) is 17.9 Å². The molecule has 0 aliphatic carbocycles. The Bertz CT molecular complexity index is 458. The molecule has 5 heteroatoms. The number of thiophene rings is 1. The van der Waals surface area contributed by atoms with Crippen molar-refractivity contribution in [3.05, 3.63) is 46.5 Å².